The molecule has 1 aliphatic heterocycles. The summed E-state index contributed by atoms with van der Waals surface area (Å²) in [5, 5.41) is 0. The van der Waals surface area contributed by atoms with Gasteiger partial charge in [0.05, 0.1) is 0 Å². The van der Waals surface area contributed by atoms with Gasteiger partial charge >= 0.3 is 0 Å². The molecule has 7 aliphatic carbocycles. The van der Waals surface area contributed by atoms with E-state index in [4.69, 9.17) is 0 Å². The van der Waals surface area contributed by atoms with E-state index in [0.29, 0.717) is 5.54 Å². The first-order valence-electron chi connectivity index (χ1n) is 9.43. The van der Waals surface area contributed by atoms with Crippen LogP contribution in [0, 0.1) is 47.3 Å². The Morgan fingerprint density at radius 2 is 1.45 bits per heavy atom. The summed E-state index contributed by atoms with van der Waals surface area (Å²) in [6, 6.07) is 0.850. The highest BCUT2D eigenvalue weighted by Crippen LogP contribution is 2.75. The Kier molecular flexibility index (Phi) is 1.91. The van der Waals surface area contributed by atoms with Crippen molar-refractivity contribution in [3.63, 3.8) is 0 Å². The maximum absolute atomic E-state index is 2.90. The fourth-order valence-corrected chi connectivity index (χ4v) is 9.23. The van der Waals surface area contributed by atoms with Gasteiger partial charge < -0.3 is 0 Å². The van der Waals surface area contributed by atoms with Crippen molar-refractivity contribution in [1.82, 2.24) is 4.90 Å². The van der Waals surface area contributed by atoms with Crippen molar-refractivity contribution in [3.8, 4) is 0 Å². The minimum atomic E-state index is 0.662. The maximum atomic E-state index is 2.90. The molecular weight excluding hydrogens is 242 g/mol. The first-order valence-corrected chi connectivity index (χ1v) is 9.43. The van der Waals surface area contributed by atoms with Gasteiger partial charge in [0.1, 0.15) is 0 Å². The lowest BCUT2D eigenvalue weighted by Gasteiger charge is -2.76. The molecule has 110 valence electrons. The summed E-state index contributed by atoms with van der Waals surface area (Å²) < 4.78 is 0. The van der Waals surface area contributed by atoms with Crippen molar-refractivity contribution in [3.05, 3.63) is 0 Å². The molecule has 8 rings (SSSR count). The lowest BCUT2D eigenvalue weighted by molar-refractivity contribution is -0.262. The van der Waals surface area contributed by atoms with Crippen LogP contribution in [-0.4, -0.2) is 23.5 Å². The van der Waals surface area contributed by atoms with Crippen LogP contribution < -0.4 is 0 Å². The Morgan fingerprint density at radius 1 is 0.850 bits per heavy atom. The number of nitrogens with zero attached hydrogens (tertiary/aromatic N) is 1. The van der Waals surface area contributed by atoms with Crippen molar-refractivity contribution < 1.29 is 0 Å². The molecule has 1 heterocycles. The Balaban J connectivity index is 1.53. The number of hydrogen-bond donors (Lipinski definition) is 0. The number of hydrogen-bond acceptors (Lipinski definition) is 1. The van der Waals surface area contributed by atoms with Gasteiger partial charge in [0.2, 0.25) is 0 Å². The third-order valence-electron chi connectivity index (χ3n) is 9.62. The van der Waals surface area contributed by atoms with E-state index in [9.17, 15) is 0 Å². The molecule has 0 aromatic carbocycles. The second-order valence-corrected chi connectivity index (χ2v) is 9.58. The van der Waals surface area contributed by atoms with Crippen molar-refractivity contribution >= 4 is 0 Å². The van der Waals surface area contributed by atoms with Crippen molar-refractivity contribution in [1.29, 1.82) is 0 Å². The van der Waals surface area contributed by atoms with Gasteiger partial charge in [0.15, 0.2) is 0 Å². The molecular formula is C19H29N. The van der Waals surface area contributed by atoms with Gasteiger partial charge in [-0.3, -0.25) is 4.90 Å². The van der Waals surface area contributed by atoms with Crippen LogP contribution in [0.15, 0.2) is 0 Å². The van der Waals surface area contributed by atoms with Crippen LogP contribution in [0.2, 0.25) is 0 Å². The zero-order valence-electron chi connectivity index (χ0n) is 13.1. The average Bonchev–Trinajstić information content (AvgIpc) is 2.75. The zero-order valence-corrected chi connectivity index (χ0v) is 13.1. The lowest BCUT2D eigenvalue weighted by Crippen LogP contribution is -2.74. The largest absolute Gasteiger partial charge is 0.297 e. The Morgan fingerprint density at radius 3 is 2.05 bits per heavy atom. The topological polar surface area (TPSA) is 3.24 Å². The van der Waals surface area contributed by atoms with Crippen LogP contribution in [0.3, 0.4) is 0 Å². The standard InChI is InChI=1S/C19H29N/c1-10-3-4-19(20(10)2)12-8-14-13-5-11-6-16(14)18(19)17(7-11)15(13)9-12/h10-18H,3-9H2,1-2H3. The molecule has 7 saturated carbocycles. The van der Waals surface area contributed by atoms with E-state index in [2.05, 4.69) is 18.9 Å². The summed E-state index contributed by atoms with van der Waals surface area (Å²) in [6.45, 7) is 2.49. The van der Waals surface area contributed by atoms with E-state index in [1.54, 1.807) is 38.5 Å². The van der Waals surface area contributed by atoms with Crippen molar-refractivity contribution in [2.75, 3.05) is 7.05 Å². The van der Waals surface area contributed by atoms with E-state index in [-0.39, 0.29) is 0 Å². The molecule has 8 fully saturated rings. The molecule has 8 bridgehead atoms. The van der Waals surface area contributed by atoms with E-state index in [0.717, 1.165) is 35.6 Å². The highest BCUT2D eigenvalue weighted by Gasteiger charge is 2.72. The summed E-state index contributed by atoms with van der Waals surface area (Å²) in [5.41, 5.74) is 0.662. The first-order chi connectivity index (χ1) is 9.70. The van der Waals surface area contributed by atoms with Crippen LogP contribution in [0.4, 0.5) is 0 Å². The Labute approximate surface area is 123 Å². The number of rotatable bonds is 0. The van der Waals surface area contributed by atoms with Crippen LogP contribution in [0.5, 0.6) is 0 Å². The second-order valence-electron chi connectivity index (χ2n) is 9.58. The molecule has 6 unspecified atom stereocenters. The van der Waals surface area contributed by atoms with Crippen LogP contribution >= 0.6 is 0 Å². The normalized spacial score (nSPS) is 69.6. The molecule has 6 atom stereocenters. The van der Waals surface area contributed by atoms with E-state index in [1.165, 1.54) is 24.2 Å². The Bertz CT molecular complexity index is 448. The molecule has 0 aromatic heterocycles. The van der Waals surface area contributed by atoms with Gasteiger partial charge in [-0.2, -0.15) is 0 Å². The summed E-state index contributed by atoms with van der Waals surface area (Å²) in [7, 11) is 2.50. The Hall–Kier alpha value is -0.0400. The molecule has 0 N–H and O–H groups in total. The third kappa shape index (κ3) is 0.998. The summed E-state index contributed by atoms with van der Waals surface area (Å²) >= 11 is 0. The van der Waals surface area contributed by atoms with Crippen LogP contribution in [0.25, 0.3) is 0 Å². The quantitative estimate of drug-likeness (QED) is 0.648. The van der Waals surface area contributed by atoms with Gasteiger partial charge in [0, 0.05) is 11.6 Å². The summed E-state index contributed by atoms with van der Waals surface area (Å²) in [6.07, 6.45) is 11.2. The van der Waals surface area contributed by atoms with Crippen LogP contribution in [0.1, 0.15) is 51.9 Å². The van der Waals surface area contributed by atoms with Gasteiger partial charge in [-0.05, 0) is 106 Å². The monoisotopic (exact) mass is 271 g/mol. The minimum Gasteiger partial charge on any atom is -0.297 e. The molecule has 0 radical (unpaired) electrons. The molecule has 0 aromatic rings. The molecule has 8 aliphatic rings. The third-order valence-corrected chi connectivity index (χ3v) is 9.62. The molecule has 1 heteroatoms. The summed E-state index contributed by atoms with van der Waals surface area (Å²) in [4.78, 5) is 2.90. The lowest BCUT2D eigenvalue weighted by atomic mass is 9.31. The molecule has 1 spiro atoms. The first kappa shape index (κ1) is 11.5. The maximum Gasteiger partial charge on any atom is 0.0271 e. The van der Waals surface area contributed by atoms with Gasteiger partial charge in [-0.25, -0.2) is 0 Å². The predicted octanol–water partition coefficient (Wildman–Crippen LogP) is 3.79. The molecule has 1 nitrogen and oxygen atoms in total. The predicted molar refractivity (Wildman–Crippen MR) is 80.2 cm³/mol. The fraction of sp³-hybridized carbons (Fsp3) is 1.00. The smallest absolute Gasteiger partial charge is 0.0271 e. The SMILES string of the molecule is CC1CCC2(C3CC4C5CC6CC4C2C(C6)C5C3)N1C. The van der Waals surface area contributed by atoms with Gasteiger partial charge in [-0.15, -0.1) is 0 Å². The van der Waals surface area contributed by atoms with Crippen molar-refractivity contribution in [2.45, 2.75) is 63.5 Å². The van der Waals surface area contributed by atoms with Crippen molar-refractivity contribution in [2.24, 2.45) is 47.3 Å². The van der Waals surface area contributed by atoms with Crippen LogP contribution in [-0.2, 0) is 0 Å². The highest BCUT2D eigenvalue weighted by atomic mass is 15.2. The zero-order chi connectivity index (χ0) is 13.2. The second kappa shape index (κ2) is 3.31. The number of likely N-dealkylation sites (tertiary alicyclic amines) is 1. The van der Waals surface area contributed by atoms with E-state index in [1.807, 2.05) is 0 Å². The fourth-order valence-electron chi connectivity index (χ4n) is 9.23. The van der Waals surface area contributed by atoms with Gasteiger partial charge in [0.25, 0.3) is 0 Å². The molecule has 0 amide bonds. The molecule has 20 heavy (non-hydrogen) atoms. The van der Waals surface area contributed by atoms with E-state index < -0.39 is 0 Å². The summed E-state index contributed by atoms with van der Waals surface area (Å²) in [5.74, 6) is 9.18. The van der Waals surface area contributed by atoms with E-state index >= 15 is 0 Å². The molecule has 1 saturated heterocycles. The highest BCUT2D eigenvalue weighted by molar-refractivity contribution is 5.23. The average molecular weight is 271 g/mol. The van der Waals surface area contributed by atoms with Gasteiger partial charge in [-0.1, -0.05) is 0 Å². The minimum absolute atomic E-state index is 0.662.